The molecular formula is C26H26N4O4S. The Labute approximate surface area is 204 Å². The molecule has 35 heavy (non-hydrogen) atoms. The third-order valence-electron chi connectivity index (χ3n) is 6.10. The van der Waals surface area contributed by atoms with Gasteiger partial charge in [-0.2, -0.15) is 0 Å². The number of benzene rings is 2. The van der Waals surface area contributed by atoms with Crippen molar-refractivity contribution in [3.63, 3.8) is 0 Å². The maximum Gasteiger partial charge on any atom is 0.253 e. The number of imidazole rings is 1. The van der Waals surface area contributed by atoms with Crippen LogP contribution in [0.15, 0.2) is 89.0 Å². The fourth-order valence-corrected chi connectivity index (χ4v) is 5.63. The van der Waals surface area contributed by atoms with Gasteiger partial charge in [0.2, 0.25) is 9.84 Å². The molecule has 5 rings (SSSR count). The third-order valence-corrected chi connectivity index (χ3v) is 7.97. The molecule has 0 spiro atoms. The molecule has 1 amide bonds. The number of hydrogen-bond donors (Lipinski definition) is 1. The Morgan fingerprint density at radius 2 is 1.77 bits per heavy atom. The monoisotopic (exact) mass is 490 g/mol. The standard InChI is InChI=1S/C26H26N4O4S/c31-26(22-7-10-25-27-11-12-30(25)19-22)28-17-20-5-8-23(9-6-20)35(32,33)24-4-2-1-3-21(24)18-29-13-15-34-16-14-29/h1-12,19H,13-18H2,(H,28,31). The zero-order chi connectivity index (χ0) is 24.3. The lowest BCUT2D eigenvalue weighted by Gasteiger charge is -2.27. The average Bonchev–Trinajstić information content (AvgIpc) is 3.36. The molecule has 1 fully saturated rings. The summed E-state index contributed by atoms with van der Waals surface area (Å²) in [6.45, 7) is 3.73. The highest BCUT2D eigenvalue weighted by molar-refractivity contribution is 7.91. The van der Waals surface area contributed by atoms with E-state index in [-0.39, 0.29) is 17.3 Å². The molecule has 0 aliphatic carbocycles. The van der Waals surface area contributed by atoms with E-state index < -0.39 is 9.84 Å². The van der Waals surface area contributed by atoms with Crippen LogP contribution >= 0.6 is 0 Å². The molecular weight excluding hydrogens is 464 g/mol. The molecule has 1 saturated heterocycles. The molecule has 0 atom stereocenters. The van der Waals surface area contributed by atoms with E-state index in [2.05, 4.69) is 15.2 Å². The normalized spacial score (nSPS) is 14.7. The van der Waals surface area contributed by atoms with Gasteiger partial charge in [-0.1, -0.05) is 30.3 Å². The number of hydrogen-bond acceptors (Lipinski definition) is 6. The molecule has 1 aliphatic heterocycles. The van der Waals surface area contributed by atoms with Crippen molar-refractivity contribution in [2.24, 2.45) is 0 Å². The Bertz CT molecular complexity index is 1440. The van der Waals surface area contributed by atoms with Gasteiger partial charge in [0, 0.05) is 44.8 Å². The first-order valence-corrected chi connectivity index (χ1v) is 12.9. The summed E-state index contributed by atoms with van der Waals surface area (Å²) < 4.78 is 34.0. The van der Waals surface area contributed by atoms with Gasteiger partial charge in [0.1, 0.15) is 5.65 Å². The minimum absolute atomic E-state index is 0.214. The fraction of sp³-hybridized carbons (Fsp3) is 0.231. The van der Waals surface area contributed by atoms with E-state index in [9.17, 15) is 13.2 Å². The maximum atomic E-state index is 13.4. The van der Waals surface area contributed by atoms with Crippen molar-refractivity contribution in [3.8, 4) is 0 Å². The van der Waals surface area contributed by atoms with Gasteiger partial charge in [-0.05, 0) is 41.5 Å². The number of morpholine rings is 1. The van der Waals surface area contributed by atoms with Crippen LogP contribution in [0.25, 0.3) is 5.65 Å². The van der Waals surface area contributed by atoms with Crippen molar-refractivity contribution in [1.29, 1.82) is 0 Å². The van der Waals surface area contributed by atoms with Crippen molar-refractivity contribution >= 4 is 21.4 Å². The lowest BCUT2D eigenvalue weighted by Crippen LogP contribution is -2.36. The molecule has 0 saturated carbocycles. The second kappa shape index (κ2) is 9.99. The molecule has 1 aliphatic rings. The lowest BCUT2D eigenvalue weighted by atomic mass is 10.2. The summed E-state index contributed by atoms with van der Waals surface area (Å²) in [5, 5.41) is 2.88. The number of rotatable bonds is 7. The van der Waals surface area contributed by atoms with Crippen LogP contribution < -0.4 is 5.32 Å². The topological polar surface area (TPSA) is 93.0 Å². The Morgan fingerprint density at radius 3 is 2.57 bits per heavy atom. The van der Waals surface area contributed by atoms with Gasteiger partial charge in [-0.15, -0.1) is 0 Å². The zero-order valence-electron chi connectivity index (χ0n) is 19.1. The average molecular weight is 491 g/mol. The summed E-state index contributed by atoms with van der Waals surface area (Å²) in [6.07, 6.45) is 5.18. The summed E-state index contributed by atoms with van der Waals surface area (Å²) in [6, 6.07) is 17.3. The van der Waals surface area contributed by atoms with Gasteiger partial charge in [-0.25, -0.2) is 13.4 Å². The molecule has 3 heterocycles. The summed E-state index contributed by atoms with van der Waals surface area (Å²) in [5.74, 6) is -0.214. The maximum absolute atomic E-state index is 13.4. The Hall–Kier alpha value is -3.53. The predicted molar refractivity (Wildman–Crippen MR) is 131 cm³/mol. The van der Waals surface area contributed by atoms with E-state index in [1.807, 2.05) is 12.1 Å². The van der Waals surface area contributed by atoms with Gasteiger partial charge in [-0.3, -0.25) is 9.69 Å². The van der Waals surface area contributed by atoms with Crippen LogP contribution in [0.3, 0.4) is 0 Å². The predicted octanol–water partition coefficient (Wildman–Crippen LogP) is 2.93. The number of nitrogens with one attached hydrogen (secondary N) is 1. The van der Waals surface area contributed by atoms with Crippen molar-refractivity contribution in [2.45, 2.75) is 22.9 Å². The number of fused-ring (bicyclic) bond motifs is 1. The lowest BCUT2D eigenvalue weighted by molar-refractivity contribution is 0.0338. The Morgan fingerprint density at radius 1 is 1.00 bits per heavy atom. The number of amides is 1. The van der Waals surface area contributed by atoms with Gasteiger partial charge >= 0.3 is 0 Å². The number of carbonyl (C=O) groups is 1. The summed E-state index contributed by atoms with van der Waals surface area (Å²) in [7, 11) is -3.68. The molecule has 9 heteroatoms. The van der Waals surface area contributed by atoms with Crippen LogP contribution in [-0.2, 0) is 27.7 Å². The second-order valence-electron chi connectivity index (χ2n) is 8.44. The van der Waals surface area contributed by atoms with Crippen LogP contribution in [0.5, 0.6) is 0 Å². The molecule has 4 aromatic rings. The third kappa shape index (κ3) is 5.12. The number of ether oxygens (including phenoxy) is 1. The number of sulfone groups is 1. The molecule has 0 bridgehead atoms. The van der Waals surface area contributed by atoms with Gasteiger partial charge in [0.25, 0.3) is 5.91 Å². The van der Waals surface area contributed by atoms with Crippen LogP contribution in [0.1, 0.15) is 21.5 Å². The van der Waals surface area contributed by atoms with E-state index >= 15 is 0 Å². The number of aromatic nitrogens is 2. The summed E-state index contributed by atoms with van der Waals surface area (Å²) >= 11 is 0. The molecule has 180 valence electrons. The molecule has 8 nitrogen and oxygen atoms in total. The van der Waals surface area contributed by atoms with E-state index in [1.54, 1.807) is 71.5 Å². The van der Waals surface area contributed by atoms with Crippen molar-refractivity contribution in [1.82, 2.24) is 19.6 Å². The molecule has 1 N–H and O–H groups in total. The van der Waals surface area contributed by atoms with Crippen LogP contribution in [0.2, 0.25) is 0 Å². The first-order valence-electron chi connectivity index (χ1n) is 11.4. The SMILES string of the molecule is O=C(NCc1ccc(S(=O)(=O)c2ccccc2CN2CCOCC2)cc1)c1ccc2nccn2c1. The minimum Gasteiger partial charge on any atom is -0.379 e. The largest absolute Gasteiger partial charge is 0.379 e. The first kappa shape index (κ1) is 23.2. The van der Waals surface area contributed by atoms with E-state index in [1.165, 1.54) is 0 Å². The quantitative estimate of drug-likeness (QED) is 0.428. The van der Waals surface area contributed by atoms with Crippen LogP contribution in [0, 0.1) is 0 Å². The number of pyridine rings is 1. The molecule has 2 aromatic heterocycles. The van der Waals surface area contributed by atoms with Gasteiger partial charge in [0.05, 0.1) is 28.6 Å². The first-order chi connectivity index (χ1) is 17.0. The minimum atomic E-state index is -3.68. The van der Waals surface area contributed by atoms with Crippen LogP contribution in [-0.4, -0.2) is 54.9 Å². The summed E-state index contributed by atoms with van der Waals surface area (Å²) in [5.41, 5.74) is 2.87. The van der Waals surface area contributed by atoms with Crippen molar-refractivity contribution < 1.29 is 17.9 Å². The van der Waals surface area contributed by atoms with E-state index in [4.69, 9.17) is 4.74 Å². The molecule has 2 aromatic carbocycles. The Kier molecular flexibility index (Phi) is 6.63. The Balaban J connectivity index is 1.28. The van der Waals surface area contributed by atoms with Crippen LogP contribution in [0.4, 0.5) is 0 Å². The van der Waals surface area contributed by atoms with Gasteiger partial charge in [0.15, 0.2) is 0 Å². The highest BCUT2D eigenvalue weighted by Gasteiger charge is 2.22. The molecule has 0 unspecified atom stereocenters. The fourth-order valence-electron chi connectivity index (χ4n) is 4.15. The number of carbonyl (C=O) groups excluding carboxylic acids is 1. The van der Waals surface area contributed by atoms with Crippen molar-refractivity contribution in [3.05, 3.63) is 95.9 Å². The zero-order valence-corrected chi connectivity index (χ0v) is 19.9. The highest BCUT2D eigenvalue weighted by atomic mass is 32.2. The van der Waals surface area contributed by atoms with Gasteiger partial charge < -0.3 is 14.5 Å². The molecule has 0 radical (unpaired) electrons. The van der Waals surface area contributed by atoms with Crippen molar-refractivity contribution in [2.75, 3.05) is 26.3 Å². The smallest absolute Gasteiger partial charge is 0.253 e. The summed E-state index contributed by atoms with van der Waals surface area (Å²) in [4.78, 5) is 19.5. The van der Waals surface area contributed by atoms with E-state index in [0.29, 0.717) is 30.2 Å². The highest BCUT2D eigenvalue weighted by Crippen LogP contribution is 2.25. The second-order valence-corrected chi connectivity index (χ2v) is 10.4. The number of nitrogens with zero attached hydrogens (tertiary/aromatic N) is 3. The van der Waals surface area contributed by atoms with E-state index in [0.717, 1.165) is 29.9 Å².